The van der Waals surface area contributed by atoms with Gasteiger partial charge in [0.15, 0.2) is 12.2 Å². The summed E-state index contributed by atoms with van der Waals surface area (Å²) in [7, 11) is 0. The summed E-state index contributed by atoms with van der Waals surface area (Å²) in [4.78, 5) is 21.4. The Balaban J connectivity index is 1.95. The summed E-state index contributed by atoms with van der Waals surface area (Å²) < 4.78 is 20.6. The highest BCUT2D eigenvalue weighted by Crippen LogP contribution is 2.30. The summed E-state index contributed by atoms with van der Waals surface area (Å²) in [6.45, 7) is 1.77. The number of fused-ring (bicyclic) bond motifs is 1. The third-order valence-electron chi connectivity index (χ3n) is 2.55. The zero-order valence-electron chi connectivity index (χ0n) is 8.75. The highest BCUT2D eigenvalue weighted by atomic mass is 16.7. The zero-order valence-corrected chi connectivity index (χ0v) is 8.75. The number of hydrogen-bond acceptors (Lipinski definition) is 6. The second-order valence-corrected chi connectivity index (χ2v) is 3.72. The SMILES string of the molecule is CC(=O)O[C@@H]1CO[C@H]2[C@@H]1OC[C@@H]2OC(N)=O. The van der Waals surface area contributed by atoms with Crippen LogP contribution in [0, 0.1) is 0 Å². The van der Waals surface area contributed by atoms with Crippen molar-refractivity contribution in [3.63, 3.8) is 0 Å². The van der Waals surface area contributed by atoms with Gasteiger partial charge < -0.3 is 24.7 Å². The first kappa shape index (κ1) is 11.2. The molecule has 2 fully saturated rings. The van der Waals surface area contributed by atoms with Crippen LogP contribution in [0.5, 0.6) is 0 Å². The Morgan fingerprint density at radius 1 is 1.12 bits per heavy atom. The predicted molar refractivity (Wildman–Crippen MR) is 49.5 cm³/mol. The van der Waals surface area contributed by atoms with Crippen molar-refractivity contribution in [2.75, 3.05) is 13.2 Å². The molecule has 0 unspecified atom stereocenters. The molecule has 0 aliphatic carbocycles. The van der Waals surface area contributed by atoms with Crippen molar-refractivity contribution in [3.8, 4) is 0 Å². The van der Waals surface area contributed by atoms with Gasteiger partial charge in [0, 0.05) is 6.92 Å². The van der Waals surface area contributed by atoms with E-state index in [0.29, 0.717) is 0 Å². The standard InChI is InChI=1S/C9H13NO6/c1-4(11)15-5-2-13-8-6(16-9(10)12)3-14-7(5)8/h5-8H,2-3H2,1H3,(H2,10,12)/t5-,6+,7-,8-/m1/s1. The van der Waals surface area contributed by atoms with Crippen molar-refractivity contribution in [2.45, 2.75) is 31.3 Å². The summed E-state index contributed by atoms with van der Waals surface area (Å²) >= 11 is 0. The first-order chi connectivity index (χ1) is 7.58. The normalized spacial score (nSPS) is 36.8. The van der Waals surface area contributed by atoms with E-state index < -0.39 is 30.4 Å². The molecule has 2 aliphatic rings. The van der Waals surface area contributed by atoms with Gasteiger partial charge in [-0.05, 0) is 0 Å². The van der Waals surface area contributed by atoms with Gasteiger partial charge in [-0.2, -0.15) is 0 Å². The van der Waals surface area contributed by atoms with Crippen LogP contribution in [0.4, 0.5) is 4.79 Å². The van der Waals surface area contributed by atoms with Crippen LogP contribution < -0.4 is 5.73 Å². The summed E-state index contributed by atoms with van der Waals surface area (Å²) in [5.41, 5.74) is 4.91. The highest BCUT2D eigenvalue weighted by Gasteiger charge is 2.50. The van der Waals surface area contributed by atoms with Crippen molar-refractivity contribution in [1.29, 1.82) is 0 Å². The second kappa shape index (κ2) is 4.26. The Hall–Kier alpha value is -1.34. The largest absolute Gasteiger partial charge is 0.457 e. The Kier molecular flexibility index (Phi) is 2.97. The third-order valence-corrected chi connectivity index (χ3v) is 2.55. The van der Waals surface area contributed by atoms with Gasteiger partial charge in [0.25, 0.3) is 0 Å². The van der Waals surface area contributed by atoms with Gasteiger partial charge in [-0.15, -0.1) is 0 Å². The second-order valence-electron chi connectivity index (χ2n) is 3.72. The number of rotatable bonds is 2. The lowest BCUT2D eigenvalue weighted by Gasteiger charge is -2.15. The lowest BCUT2D eigenvalue weighted by Crippen LogP contribution is -2.36. The van der Waals surface area contributed by atoms with Gasteiger partial charge in [0.2, 0.25) is 0 Å². The van der Waals surface area contributed by atoms with Crippen LogP contribution in [0.2, 0.25) is 0 Å². The molecule has 2 saturated heterocycles. The molecule has 0 aromatic rings. The molecule has 7 heteroatoms. The predicted octanol–water partition coefficient (Wildman–Crippen LogP) is -0.820. The lowest BCUT2D eigenvalue weighted by molar-refractivity contribution is -0.151. The van der Waals surface area contributed by atoms with E-state index in [0.717, 1.165) is 0 Å². The van der Waals surface area contributed by atoms with Gasteiger partial charge >= 0.3 is 12.1 Å². The van der Waals surface area contributed by atoms with Crippen LogP contribution >= 0.6 is 0 Å². The van der Waals surface area contributed by atoms with Crippen LogP contribution in [0.3, 0.4) is 0 Å². The third kappa shape index (κ3) is 2.10. The van der Waals surface area contributed by atoms with Crippen molar-refractivity contribution in [2.24, 2.45) is 5.73 Å². The fourth-order valence-corrected chi connectivity index (χ4v) is 1.99. The van der Waals surface area contributed by atoms with E-state index in [1.54, 1.807) is 0 Å². The van der Waals surface area contributed by atoms with Crippen LogP contribution in [-0.4, -0.2) is 49.7 Å². The number of carbonyl (C=O) groups is 2. The number of hydrogen-bond donors (Lipinski definition) is 1. The Bertz CT molecular complexity index is 276. The molecular formula is C9H13NO6. The fourth-order valence-electron chi connectivity index (χ4n) is 1.99. The van der Waals surface area contributed by atoms with Crippen LogP contribution in [0.15, 0.2) is 0 Å². The van der Waals surface area contributed by atoms with Gasteiger partial charge in [0.05, 0.1) is 13.2 Å². The molecule has 2 N–H and O–H groups in total. The Morgan fingerprint density at radius 3 is 2.06 bits per heavy atom. The van der Waals surface area contributed by atoms with Gasteiger partial charge in [-0.25, -0.2) is 4.79 Å². The number of nitrogens with two attached hydrogens (primary N) is 1. The molecular weight excluding hydrogens is 218 g/mol. The number of carbonyl (C=O) groups excluding carboxylic acids is 2. The van der Waals surface area contributed by atoms with E-state index in [9.17, 15) is 9.59 Å². The number of esters is 1. The lowest BCUT2D eigenvalue weighted by atomic mass is 10.1. The van der Waals surface area contributed by atoms with E-state index in [2.05, 4.69) is 0 Å². The smallest absolute Gasteiger partial charge is 0.404 e. The summed E-state index contributed by atoms with van der Waals surface area (Å²) in [6.07, 6.45) is -2.62. The van der Waals surface area contributed by atoms with Crippen LogP contribution in [0.1, 0.15) is 6.92 Å². The van der Waals surface area contributed by atoms with E-state index in [1.807, 2.05) is 0 Å². The molecule has 90 valence electrons. The average molecular weight is 231 g/mol. The maximum absolute atomic E-state index is 10.8. The molecule has 0 bridgehead atoms. The number of primary amides is 1. The molecule has 4 atom stereocenters. The topological polar surface area (TPSA) is 97.1 Å². The monoisotopic (exact) mass is 231 g/mol. The van der Waals surface area contributed by atoms with Crippen LogP contribution in [0.25, 0.3) is 0 Å². The quantitative estimate of drug-likeness (QED) is 0.623. The minimum absolute atomic E-state index is 0.204. The minimum atomic E-state index is -0.867. The van der Waals surface area contributed by atoms with Crippen molar-refractivity contribution >= 4 is 12.1 Å². The zero-order chi connectivity index (χ0) is 11.7. The van der Waals surface area contributed by atoms with Crippen molar-refractivity contribution in [3.05, 3.63) is 0 Å². The molecule has 2 rings (SSSR count). The van der Waals surface area contributed by atoms with Crippen molar-refractivity contribution < 1.29 is 28.5 Å². The molecule has 0 saturated carbocycles. The molecule has 2 aliphatic heterocycles. The Morgan fingerprint density at radius 2 is 1.62 bits per heavy atom. The van der Waals surface area contributed by atoms with Gasteiger partial charge in [-0.1, -0.05) is 0 Å². The van der Waals surface area contributed by atoms with E-state index >= 15 is 0 Å². The molecule has 0 radical (unpaired) electrons. The molecule has 0 aromatic heterocycles. The molecule has 16 heavy (non-hydrogen) atoms. The first-order valence-corrected chi connectivity index (χ1v) is 4.94. The minimum Gasteiger partial charge on any atom is -0.457 e. The highest BCUT2D eigenvalue weighted by molar-refractivity contribution is 5.66. The molecule has 7 nitrogen and oxygen atoms in total. The van der Waals surface area contributed by atoms with Crippen molar-refractivity contribution in [1.82, 2.24) is 0 Å². The maximum Gasteiger partial charge on any atom is 0.404 e. The van der Waals surface area contributed by atoms with E-state index in [4.69, 9.17) is 24.7 Å². The van der Waals surface area contributed by atoms with E-state index in [1.165, 1.54) is 6.92 Å². The fraction of sp³-hybridized carbons (Fsp3) is 0.778. The van der Waals surface area contributed by atoms with Gasteiger partial charge in [0.1, 0.15) is 12.2 Å². The Labute approximate surface area is 91.8 Å². The number of amides is 1. The molecule has 0 spiro atoms. The first-order valence-electron chi connectivity index (χ1n) is 4.94. The molecule has 0 aromatic carbocycles. The average Bonchev–Trinajstić information content (AvgIpc) is 2.70. The summed E-state index contributed by atoms with van der Waals surface area (Å²) in [6, 6.07) is 0. The van der Waals surface area contributed by atoms with E-state index in [-0.39, 0.29) is 19.3 Å². The summed E-state index contributed by atoms with van der Waals surface area (Å²) in [5, 5.41) is 0. The maximum atomic E-state index is 10.8. The summed E-state index contributed by atoms with van der Waals surface area (Å²) in [5.74, 6) is -0.392. The van der Waals surface area contributed by atoms with Crippen LogP contribution in [-0.2, 0) is 23.7 Å². The molecule has 2 heterocycles. The molecule has 1 amide bonds. The number of ether oxygens (including phenoxy) is 4. The van der Waals surface area contributed by atoms with Gasteiger partial charge in [-0.3, -0.25) is 4.79 Å².